The first kappa shape index (κ1) is 23.2. The lowest BCUT2D eigenvalue weighted by atomic mass is 10.1. The van der Waals surface area contributed by atoms with E-state index in [0.717, 1.165) is 47.0 Å². The van der Waals surface area contributed by atoms with Gasteiger partial charge in [-0.15, -0.1) is 0 Å². The lowest BCUT2D eigenvalue weighted by Gasteiger charge is -2.27. The van der Waals surface area contributed by atoms with E-state index >= 15 is 0 Å². The third-order valence-electron chi connectivity index (χ3n) is 6.67. The average Bonchev–Trinajstić information content (AvgIpc) is 3.62. The van der Waals surface area contributed by atoms with E-state index in [0.29, 0.717) is 12.5 Å². The molecule has 2 N–H and O–H groups in total. The van der Waals surface area contributed by atoms with Crippen LogP contribution in [0.1, 0.15) is 94.2 Å². The van der Waals surface area contributed by atoms with Crippen LogP contribution in [0.3, 0.4) is 0 Å². The van der Waals surface area contributed by atoms with Gasteiger partial charge >= 0.3 is 6.09 Å². The van der Waals surface area contributed by atoms with Crippen molar-refractivity contribution in [1.29, 1.82) is 0 Å². The van der Waals surface area contributed by atoms with Gasteiger partial charge in [-0.05, 0) is 70.1 Å². The van der Waals surface area contributed by atoms with Crippen molar-refractivity contribution in [3.63, 3.8) is 0 Å². The summed E-state index contributed by atoms with van der Waals surface area (Å²) in [5.74, 6) is 8.82. The Morgan fingerprint density at radius 2 is 1.71 bits per heavy atom. The maximum Gasteiger partial charge on any atom is 0.410 e. The van der Waals surface area contributed by atoms with E-state index in [1.807, 2.05) is 39.1 Å². The van der Waals surface area contributed by atoms with E-state index in [9.17, 15) is 4.79 Å². The van der Waals surface area contributed by atoms with Crippen LogP contribution in [-0.4, -0.2) is 43.1 Å². The fourth-order valence-electron chi connectivity index (χ4n) is 4.92. The molecule has 1 amide bonds. The van der Waals surface area contributed by atoms with Crippen LogP contribution in [0, 0.1) is 11.8 Å². The zero-order valence-corrected chi connectivity index (χ0v) is 20.7. The van der Waals surface area contributed by atoms with Gasteiger partial charge in [-0.25, -0.2) is 14.8 Å². The summed E-state index contributed by atoms with van der Waals surface area (Å²) in [7, 11) is 0. The number of H-pyrrole nitrogens is 2. The molecule has 0 radical (unpaired) electrons. The van der Waals surface area contributed by atoms with Crippen molar-refractivity contribution in [1.82, 2.24) is 24.8 Å². The number of hydrogen-bond acceptors (Lipinski definition) is 4. The van der Waals surface area contributed by atoms with Crippen LogP contribution in [0.15, 0.2) is 36.7 Å². The van der Waals surface area contributed by atoms with Gasteiger partial charge in [0.1, 0.15) is 22.9 Å². The first-order chi connectivity index (χ1) is 16.9. The molecule has 1 saturated carbocycles. The number of nitrogens with zero attached hydrogens (tertiary/aromatic N) is 3. The van der Waals surface area contributed by atoms with Crippen molar-refractivity contribution in [3.05, 3.63) is 59.6 Å². The molecule has 1 saturated heterocycles. The van der Waals surface area contributed by atoms with Crippen LogP contribution in [-0.2, 0) is 4.74 Å². The Balaban J connectivity index is 1.24. The van der Waals surface area contributed by atoms with E-state index in [2.05, 4.69) is 43.9 Å². The monoisotopic (exact) mass is 471 g/mol. The molecule has 0 bridgehead atoms. The number of nitrogens with one attached hydrogen (secondary N) is 2. The first-order valence-electron chi connectivity index (χ1n) is 12.6. The minimum atomic E-state index is -0.519. The molecule has 7 nitrogen and oxygen atoms in total. The molecule has 1 atom stereocenters. The van der Waals surface area contributed by atoms with Crippen LogP contribution in [0.5, 0.6) is 0 Å². The summed E-state index contributed by atoms with van der Waals surface area (Å²) in [5.41, 5.74) is 3.30. The normalized spacial score (nSPS) is 18.5. The Morgan fingerprint density at radius 3 is 2.46 bits per heavy atom. The number of likely N-dealkylation sites (tertiary alicyclic amines) is 1. The summed E-state index contributed by atoms with van der Waals surface area (Å²) >= 11 is 0. The third kappa shape index (κ3) is 5.43. The highest BCUT2D eigenvalue weighted by Gasteiger charge is 2.34. The van der Waals surface area contributed by atoms with Crippen LogP contribution in [0.25, 0.3) is 11.3 Å². The lowest BCUT2D eigenvalue weighted by Crippen LogP contribution is -2.36. The molecule has 0 spiro atoms. The molecule has 5 rings (SSSR count). The third-order valence-corrected chi connectivity index (χ3v) is 6.67. The Hall–Kier alpha value is -3.53. The molecule has 1 aliphatic carbocycles. The molecule has 182 valence electrons. The fourth-order valence-corrected chi connectivity index (χ4v) is 4.92. The molecule has 3 heterocycles. The minimum Gasteiger partial charge on any atom is -0.444 e. The predicted molar refractivity (Wildman–Crippen MR) is 135 cm³/mol. The number of benzene rings is 1. The zero-order chi connectivity index (χ0) is 24.4. The smallest absolute Gasteiger partial charge is 0.410 e. The molecule has 35 heavy (non-hydrogen) atoms. The molecule has 1 aliphatic heterocycles. The molecular formula is C28H33N5O2. The van der Waals surface area contributed by atoms with Gasteiger partial charge in [0.2, 0.25) is 0 Å². The summed E-state index contributed by atoms with van der Waals surface area (Å²) in [4.78, 5) is 30.3. The summed E-state index contributed by atoms with van der Waals surface area (Å²) < 4.78 is 5.57. The lowest BCUT2D eigenvalue weighted by molar-refractivity contribution is 0.0218. The number of ether oxygens (including phenoxy) is 1. The van der Waals surface area contributed by atoms with Crippen molar-refractivity contribution in [2.75, 3.05) is 6.54 Å². The van der Waals surface area contributed by atoms with Crippen molar-refractivity contribution in [2.24, 2.45) is 0 Å². The van der Waals surface area contributed by atoms with E-state index in [-0.39, 0.29) is 12.1 Å². The molecular weight excluding hydrogens is 438 g/mol. The highest BCUT2D eigenvalue weighted by atomic mass is 16.6. The second kappa shape index (κ2) is 9.61. The van der Waals surface area contributed by atoms with Crippen molar-refractivity contribution in [3.8, 4) is 23.1 Å². The quantitative estimate of drug-likeness (QED) is 0.464. The standard InChI is InChI=1S/C28H33N5O2/c1-28(2,3)35-27(34)33-16-6-9-24(33)26-29-17-22(31-26)15-12-19-10-13-20(14-11-19)23-18-30-25(32-23)21-7-4-5-8-21/h10-11,13-14,17-18,21,24H,4-9,16H2,1-3H3,(H,29,31)(H,30,32). The Labute approximate surface area is 206 Å². The van der Waals surface area contributed by atoms with Gasteiger partial charge in [-0.2, -0.15) is 0 Å². The number of aromatic nitrogens is 4. The van der Waals surface area contributed by atoms with E-state index in [1.165, 1.54) is 25.7 Å². The van der Waals surface area contributed by atoms with Crippen molar-refractivity contribution >= 4 is 6.09 Å². The number of rotatable bonds is 3. The maximum atomic E-state index is 12.6. The summed E-state index contributed by atoms with van der Waals surface area (Å²) in [6.07, 6.45) is 10.2. The summed E-state index contributed by atoms with van der Waals surface area (Å²) in [6.45, 7) is 6.32. The second-order valence-electron chi connectivity index (χ2n) is 10.5. The molecule has 2 fully saturated rings. The Kier molecular flexibility index (Phi) is 6.38. The zero-order valence-electron chi connectivity index (χ0n) is 20.7. The van der Waals surface area contributed by atoms with Gasteiger partial charge in [0.05, 0.1) is 24.1 Å². The summed E-state index contributed by atoms with van der Waals surface area (Å²) in [6, 6.07) is 8.09. The molecule has 3 aromatic rings. The number of hydrogen-bond donors (Lipinski definition) is 2. The van der Waals surface area contributed by atoms with Crippen LogP contribution >= 0.6 is 0 Å². The molecule has 2 aliphatic rings. The summed E-state index contributed by atoms with van der Waals surface area (Å²) in [5, 5.41) is 0. The Morgan fingerprint density at radius 1 is 0.971 bits per heavy atom. The molecule has 7 heteroatoms. The topological polar surface area (TPSA) is 86.9 Å². The average molecular weight is 472 g/mol. The number of amides is 1. The van der Waals surface area contributed by atoms with E-state index in [4.69, 9.17) is 4.74 Å². The predicted octanol–water partition coefficient (Wildman–Crippen LogP) is 5.93. The van der Waals surface area contributed by atoms with Crippen LogP contribution in [0.4, 0.5) is 4.79 Å². The first-order valence-corrected chi connectivity index (χ1v) is 12.6. The second-order valence-corrected chi connectivity index (χ2v) is 10.5. The molecule has 2 aromatic heterocycles. The van der Waals surface area contributed by atoms with Gasteiger partial charge in [-0.1, -0.05) is 30.9 Å². The molecule has 1 aromatic carbocycles. The minimum absolute atomic E-state index is 0.108. The van der Waals surface area contributed by atoms with E-state index in [1.54, 1.807) is 11.1 Å². The van der Waals surface area contributed by atoms with Crippen LogP contribution in [0.2, 0.25) is 0 Å². The van der Waals surface area contributed by atoms with Gasteiger partial charge in [-0.3, -0.25) is 4.90 Å². The SMILES string of the molecule is CC(C)(C)OC(=O)N1CCCC1c1ncc(C#Cc2ccc(-c3cnc(C4CCCC4)[nH]3)cc2)[nH]1. The van der Waals surface area contributed by atoms with Crippen LogP contribution < -0.4 is 0 Å². The molecule has 1 unspecified atom stereocenters. The van der Waals surface area contributed by atoms with Gasteiger partial charge in [0.25, 0.3) is 0 Å². The van der Waals surface area contributed by atoms with Gasteiger partial charge in [0, 0.05) is 18.0 Å². The number of carbonyl (C=O) groups excluding carboxylic acids is 1. The number of aromatic amines is 2. The van der Waals surface area contributed by atoms with Crippen molar-refractivity contribution < 1.29 is 9.53 Å². The fraction of sp³-hybridized carbons (Fsp3) is 0.464. The Bertz CT molecular complexity index is 1230. The van der Waals surface area contributed by atoms with Crippen molar-refractivity contribution in [2.45, 2.75) is 76.9 Å². The number of imidazole rings is 2. The highest BCUT2D eigenvalue weighted by molar-refractivity contribution is 5.69. The number of carbonyl (C=O) groups is 1. The van der Waals surface area contributed by atoms with Gasteiger partial charge in [0.15, 0.2) is 0 Å². The van der Waals surface area contributed by atoms with Gasteiger partial charge < -0.3 is 14.7 Å². The highest BCUT2D eigenvalue weighted by Crippen LogP contribution is 2.33. The van der Waals surface area contributed by atoms with E-state index < -0.39 is 5.60 Å². The maximum absolute atomic E-state index is 12.6. The largest absolute Gasteiger partial charge is 0.444 e.